The van der Waals surface area contributed by atoms with E-state index in [4.69, 9.17) is 15.3 Å². The first kappa shape index (κ1) is 11.7. The zero-order valence-electron chi connectivity index (χ0n) is 9.01. The van der Waals surface area contributed by atoms with Gasteiger partial charge in [0.1, 0.15) is 17.9 Å². The van der Waals surface area contributed by atoms with Crippen LogP contribution in [0.3, 0.4) is 0 Å². The largest absolute Gasteiger partial charge is 0.497 e. The van der Waals surface area contributed by atoms with Gasteiger partial charge >= 0.3 is 0 Å². The van der Waals surface area contributed by atoms with Crippen LogP contribution < -0.4 is 4.74 Å². The highest BCUT2D eigenvalue weighted by Crippen LogP contribution is 2.19. The molecule has 0 N–H and O–H groups in total. The van der Waals surface area contributed by atoms with Gasteiger partial charge in [-0.2, -0.15) is 20.8 Å². The molecule has 16 heavy (non-hydrogen) atoms. The highest BCUT2D eigenvalue weighted by molar-refractivity contribution is 5.40. The summed E-state index contributed by atoms with van der Waals surface area (Å²) in [5.41, 5.74) is -0.863. The zero-order valence-corrected chi connectivity index (χ0v) is 9.01. The highest BCUT2D eigenvalue weighted by Gasteiger charge is 2.21. The van der Waals surface area contributed by atoms with Crippen LogP contribution in [0.1, 0.15) is 6.92 Å². The van der Waals surface area contributed by atoms with Crippen LogP contribution >= 0.6 is 0 Å². The summed E-state index contributed by atoms with van der Waals surface area (Å²) in [7, 11) is 1.57. The van der Waals surface area contributed by atoms with Crippen LogP contribution in [-0.2, 0) is 0 Å². The Labute approximate surface area is 93.6 Å². The predicted molar refractivity (Wildman–Crippen MR) is 57.1 cm³/mol. The van der Waals surface area contributed by atoms with Gasteiger partial charge in [-0.15, -0.1) is 0 Å². The van der Waals surface area contributed by atoms with Crippen molar-refractivity contribution < 1.29 is 4.74 Å². The van der Waals surface area contributed by atoms with E-state index in [1.807, 2.05) is 0 Å². The van der Waals surface area contributed by atoms with E-state index in [2.05, 4.69) is 10.2 Å². The van der Waals surface area contributed by atoms with Crippen LogP contribution in [0.4, 0.5) is 5.69 Å². The lowest BCUT2D eigenvalue weighted by Gasteiger charge is -2.02. The third-order valence-corrected chi connectivity index (χ3v) is 1.87. The third-order valence-electron chi connectivity index (χ3n) is 1.87. The lowest BCUT2D eigenvalue weighted by molar-refractivity contribution is 0.415. The van der Waals surface area contributed by atoms with Crippen LogP contribution in [0, 0.1) is 22.7 Å². The molecule has 1 aromatic carbocycles. The number of hydrogen-bond donors (Lipinski definition) is 0. The number of nitrogens with zero attached hydrogens (tertiary/aromatic N) is 4. The molecule has 0 bridgehead atoms. The smallest absolute Gasteiger partial charge is 0.249 e. The molecule has 0 aliphatic carbocycles. The number of benzene rings is 1. The minimum Gasteiger partial charge on any atom is -0.497 e. The molecule has 80 valence electrons. The second-order valence-electron chi connectivity index (χ2n) is 3.19. The molecule has 5 heteroatoms. The molecule has 1 rings (SSSR count). The van der Waals surface area contributed by atoms with Crippen LogP contribution in [0.5, 0.6) is 5.75 Å². The number of hydrogen-bond acceptors (Lipinski definition) is 5. The average molecular weight is 214 g/mol. The lowest BCUT2D eigenvalue weighted by atomic mass is 10.1. The molecule has 0 aromatic heterocycles. The maximum Gasteiger partial charge on any atom is 0.249 e. The average Bonchev–Trinajstić information content (AvgIpc) is 2.36. The lowest BCUT2D eigenvalue weighted by Crippen LogP contribution is -2.14. The first-order valence-corrected chi connectivity index (χ1v) is 4.53. The molecule has 0 saturated carbocycles. The summed E-state index contributed by atoms with van der Waals surface area (Å²) >= 11 is 0. The van der Waals surface area contributed by atoms with E-state index in [1.54, 1.807) is 43.5 Å². The Kier molecular flexibility index (Phi) is 3.58. The van der Waals surface area contributed by atoms with Crippen LogP contribution in [0.25, 0.3) is 0 Å². The van der Waals surface area contributed by atoms with Gasteiger partial charge in [-0.1, -0.05) is 0 Å². The molecule has 0 aliphatic heterocycles. The summed E-state index contributed by atoms with van der Waals surface area (Å²) in [6, 6.07) is 10.4. The van der Waals surface area contributed by atoms with Crippen molar-refractivity contribution in [1.82, 2.24) is 0 Å². The molecular formula is C11H10N4O. The van der Waals surface area contributed by atoms with Gasteiger partial charge in [-0.3, -0.25) is 0 Å². The molecule has 5 nitrogen and oxygen atoms in total. The second-order valence-corrected chi connectivity index (χ2v) is 3.19. The van der Waals surface area contributed by atoms with Crippen molar-refractivity contribution in [3.63, 3.8) is 0 Å². The number of rotatable bonds is 3. The Morgan fingerprint density at radius 3 is 2.19 bits per heavy atom. The van der Waals surface area contributed by atoms with E-state index in [0.29, 0.717) is 11.4 Å². The van der Waals surface area contributed by atoms with Crippen LogP contribution in [-0.4, -0.2) is 12.6 Å². The molecule has 0 heterocycles. The number of methoxy groups -OCH3 is 1. The molecule has 0 spiro atoms. The molecule has 0 saturated heterocycles. The summed E-state index contributed by atoms with van der Waals surface area (Å²) in [5, 5.41) is 24.9. The van der Waals surface area contributed by atoms with Gasteiger partial charge in [0.15, 0.2) is 0 Å². The standard InChI is InChI=1S/C11H10N4O/c1-11(7-12,8-13)15-14-9-3-5-10(16-2)6-4-9/h3-6H,1-2H3. The van der Waals surface area contributed by atoms with Gasteiger partial charge < -0.3 is 4.74 Å². The molecule has 0 aliphatic rings. The number of ether oxygens (including phenoxy) is 1. The van der Waals surface area contributed by atoms with Crippen molar-refractivity contribution in [2.45, 2.75) is 12.5 Å². The van der Waals surface area contributed by atoms with E-state index in [-0.39, 0.29) is 0 Å². The molecular weight excluding hydrogens is 204 g/mol. The number of nitriles is 2. The zero-order chi connectivity index (χ0) is 12.0. The topological polar surface area (TPSA) is 81.5 Å². The SMILES string of the molecule is COc1ccc(N=NC(C)(C#N)C#N)cc1. The Morgan fingerprint density at radius 2 is 1.75 bits per heavy atom. The van der Waals surface area contributed by atoms with Gasteiger partial charge in [0.05, 0.1) is 12.8 Å². The van der Waals surface area contributed by atoms with Crippen molar-refractivity contribution in [2.75, 3.05) is 7.11 Å². The minimum absolute atomic E-state index is 0.567. The summed E-state index contributed by atoms with van der Waals surface area (Å²) in [5.74, 6) is 0.710. The van der Waals surface area contributed by atoms with Gasteiger partial charge in [-0.25, -0.2) is 0 Å². The first-order chi connectivity index (χ1) is 7.63. The van der Waals surface area contributed by atoms with Gasteiger partial charge in [0, 0.05) is 0 Å². The fraction of sp³-hybridized carbons (Fsp3) is 0.273. The van der Waals surface area contributed by atoms with E-state index in [9.17, 15) is 0 Å². The second kappa shape index (κ2) is 4.90. The number of azo groups is 1. The van der Waals surface area contributed by atoms with Gasteiger partial charge in [0.2, 0.25) is 5.54 Å². The molecule has 0 radical (unpaired) electrons. The maximum atomic E-state index is 8.70. The van der Waals surface area contributed by atoms with E-state index < -0.39 is 5.54 Å². The maximum absolute atomic E-state index is 8.70. The van der Waals surface area contributed by atoms with Crippen LogP contribution in [0.15, 0.2) is 34.5 Å². The highest BCUT2D eigenvalue weighted by atomic mass is 16.5. The molecule has 1 aromatic rings. The fourth-order valence-corrected chi connectivity index (χ4v) is 0.876. The van der Waals surface area contributed by atoms with E-state index >= 15 is 0 Å². The first-order valence-electron chi connectivity index (χ1n) is 4.53. The molecule has 0 unspecified atom stereocenters. The van der Waals surface area contributed by atoms with Crippen molar-refractivity contribution >= 4 is 5.69 Å². The minimum atomic E-state index is -1.43. The molecule has 0 amide bonds. The summed E-state index contributed by atoms with van der Waals surface area (Å²) in [4.78, 5) is 0. The quantitative estimate of drug-likeness (QED) is 0.725. The summed E-state index contributed by atoms with van der Waals surface area (Å²) in [6.45, 7) is 1.40. The van der Waals surface area contributed by atoms with Crippen molar-refractivity contribution in [3.8, 4) is 17.9 Å². The van der Waals surface area contributed by atoms with E-state index in [1.165, 1.54) is 6.92 Å². The van der Waals surface area contributed by atoms with Crippen LogP contribution in [0.2, 0.25) is 0 Å². The normalized spacial score (nSPS) is 10.8. The summed E-state index contributed by atoms with van der Waals surface area (Å²) in [6.07, 6.45) is 0. The monoisotopic (exact) mass is 214 g/mol. The molecule has 0 fully saturated rings. The predicted octanol–water partition coefficient (Wildman–Crippen LogP) is 2.58. The van der Waals surface area contributed by atoms with Gasteiger partial charge in [-0.05, 0) is 31.2 Å². The Bertz CT molecular complexity index is 450. The summed E-state index contributed by atoms with van der Waals surface area (Å²) < 4.78 is 4.98. The fourth-order valence-electron chi connectivity index (χ4n) is 0.876. The Morgan fingerprint density at radius 1 is 1.19 bits per heavy atom. The Hall–Kier alpha value is -2.40. The van der Waals surface area contributed by atoms with Gasteiger partial charge in [0.25, 0.3) is 0 Å². The van der Waals surface area contributed by atoms with Crippen molar-refractivity contribution in [3.05, 3.63) is 24.3 Å². The van der Waals surface area contributed by atoms with Crippen molar-refractivity contribution in [2.24, 2.45) is 10.2 Å². The Balaban J connectivity index is 2.86. The molecule has 0 atom stereocenters. The van der Waals surface area contributed by atoms with E-state index in [0.717, 1.165) is 0 Å². The van der Waals surface area contributed by atoms with Crippen molar-refractivity contribution in [1.29, 1.82) is 10.5 Å². The third kappa shape index (κ3) is 2.79.